The van der Waals surface area contributed by atoms with E-state index in [0.717, 1.165) is 25.7 Å². The summed E-state index contributed by atoms with van der Waals surface area (Å²) in [6, 6.07) is 7.37. The minimum absolute atomic E-state index is 0.00796. The van der Waals surface area contributed by atoms with Crippen molar-refractivity contribution in [2.75, 3.05) is 0 Å². The van der Waals surface area contributed by atoms with E-state index in [1.54, 1.807) is 13.0 Å². The number of benzene rings is 1. The molecule has 1 aromatic carbocycles. The molecule has 0 radical (unpaired) electrons. The summed E-state index contributed by atoms with van der Waals surface area (Å²) in [5, 5.41) is -3.60. The summed E-state index contributed by atoms with van der Waals surface area (Å²) in [5.74, 6) is -0.130. The lowest BCUT2D eigenvalue weighted by Crippen LogP contribution is -2.41. The number of ketones is 1. The van der Waals surface area contributed by atoms with Crippen LogP contribution in [0, 0.1) is 27.9 Å². The monoisotopic (exact) mass is 383 g/mol. The molecule has 0 spiro atoms. The van der Waals surface area contributed by atoms with Gasteiger partial charge in [-0.3, -0.25) is 4.79 Å². The van der Waals surface area contributed by atoms with E-state index >= 15 is 0 Å². The van der Waals surface area contributed by atoms with Crippen molar-refractivity contribution >= 4 is 15.5 Å². The van der Waals surface area contributed by atoms with Crippen molar-refractivity contribution in [3.63, 3.8) is 0 Å². The van der Waals surface area contributed by atoms with Crippen LogP contribution in [-0.4, -0.2) is 15.2 Å². The van der Waals surface area contributed by atoms with Crippen molar-refractivity contribution in [3.8, 4) is 0 Å². The first-order chi connectivity index (χ1) is 12.1. The Balaban J connectivity index is 1.81. The first kappa shape index (κ1) is 19.5. The number of Topliss-reactive ketones (excluding diaryl/α,β-unsaturated/α-hetero) is 1. The normalized spacial score (nSPS) is 32.7. The fourth-order valence-electron chi connectivity index (χ4n) is 5.32. The van der Waals surface area contributed by atoms with Crippen LogP contribution in [0.5, 0.6) is 0 Å². The zero-order chi connectivity index (χ0) is 19.2. The molecule has 0 saturated heterocycles. The van der Waals surface area contributed by atoms with Crippen LogP contribution < -0.4 is 0 Å². The van der Waals surface area contributed by atoms with E-state index in [1.807, 2.05) is 0 Å². The molecule has 6 heteroatoms. The van der Waals surface area contributed by atoms with Crippen LogP contribution in [0.25, 0.3) is 0 Å². The average molecular weight is 384 g/mol. The molecule has 2 fully saturated rings. The fourth-order valence-corrected chi connectivity index (χ4v) is 6.71. The number of alkyl halides is 2. The van der Waals surface area contributed by atoms with Crippen LogP contribution in [0.4, 0.5) is 8.78 Å². The number of carbonyl (C=O) groups is 1. The average Bonchev–Trinajstić information content (AvgIpc) is 2.93. The first-order valence-electron chi connectivity index (χ1n) is 9.33. The highest BCUT2D eigenvalue weighted by molar-refractivity contribution is 7.93. The SMILES string of the molecule is CC(CC(F)(F)S(=N)(=O)c1ccccc1)C1CCC2C(=O)CCCC21C. The van der Waals surface area contributed by atoms with Crippen molar-refractivity contribution in [1.29, 1.82) is 4.78 Å². The minimum Gasteiger partial charge on any atom is -0.299 e. The maximum Gasteiger partial charge on any atom is 0.332 e. The topological polar surface area (TPSA) is 58.0 Å². The highest BCUT2D eigenvalue weighted by Gasteiger charge is 2.54. The van der Waals surface area contributed by atoms with Crippen LogP contribution in [0.1, 0.15) is 52.4 Å². The van der Waals surface area contributed by atoms with Gasteiger partial charge in [-0.05, 0) is 55.1 Å². The zero-order valence-electron chi connectivity index (χ0n) is 15.3. The smallest absolute Gasteiger partial charge is 0.299 e. The predicted molar refractivity (Wildman–Crippen MR) is 97.5 cm³/mol. The van der Waals surface area contributed by atoms with E-state index in [9.17, 15) is 17.8 Å². The van der Waals surface area contributed by atoms with E-state index in [4.69, 9.17) is 4.78 Å². The third-order valence-electron chi connectivity index (χ3n) is 6.68. The molecule has 3 rings (SSSR count). The molecule has 2 aliphatic rings. The Bertz CT molecular complexity index is 778. The molecule has 0 bridgehead atoms. The second-order valence-corrected chi connectivity index (χ2v) is 10.4. The molecular weight excluding hydrogens is 356 g/mol. The Kier molecular flexibility index (Phi) is 5.01. The van der Waals surface area contributed by atoms with E-state index in [1.165, 1.54) is 24.3 Å². The summed E-state index contributed by atoms with van der Waals surface area (Å²) in [6.07, 6.45) is 3.26. The van der Waals surface area contributed by atoms with Crippen LogP contribution in [0.2, 0.25) is 0 Å². The number of hydrogen-bond acceptors (Lipinski definition) is 3. The second-order valence-electron chi connectivity index (χ2n) is 8.25. The Hall–Kier alpha value is -1.30. The molecule has 5 unspecified atom stereocenters. The standard InChI is InChI=1S/C20H27F2NO2S/c1-14(16-10-11-17-18(24)9-6-12-19(16,17)2)13-20(21,22)26(23,25)15-7-4-3-5-8-15/h3-5,7-8,14,16-17,23H,6,9-13H2,1-2H3. The van der Waals surface area contributed by atoms with Gasteiger partial charge in [0.1, 0.15) is 15.5 Å². The maximum atomic E-state index is 14.9. The van der Waals surface area contributed by atoms with Crippen LogP contribution in [0.3, 0.4) is 0 Å². The molecule has 3 nitrogen and oxygen atoms in total. The Morgan fingerprint density at radius 3 is 2.62 bits per heavy atom. The molecule has 2 aliphatic carbocycles. The number of carbonyl (C=O) groups excluding carboxylic acids is 1. The van der Waals surface area contributed by atoms with Crippen LogP contribution in [0.15, 0.2) is 35.2 Å². The van der Waals surface area contributed by atoms with Gasteiger partial charge in [-0.1, -0.05) is 32.0 Å². The summed E-state index contributed by atoms with van der Waals surface area (Å²) in [5.41, 5.74) is -0.236. The molecule has 26 heavy (non-hydrogen) atoms. The van der Waals surface area contributed by atoms with Crippen molar-refractivity contribution in [3.05, 3.63) is 30.3 Å². The Labute approximate surface area is 154 Å². The van der Waals surface area contributed by atoms with Gasteiger partial charge in [-0.2, -0.15) is 8.78 Å². The number of fused-ring (bicyclic) bond motifs is 1. The number of nitrogens with one attached hydrogen (secondary N) is 1. The van der Waals surface area contributed by atoms with Gasteiger partial charge in [-0.25, -0.2) is 8.99 Å². The fraction of sp³-hybridized carbons (Fsp3) is 0.650. The van der Waals surface area contributed by atoms with Crippen molar-refractivity contribution < 1.29 is 17.8 Å². The molecule has 2 saturated carbocycles. The van der Waals surface area contributed by atoms with Gasteiger partial charge < -0.3 is 0 Å². The van der Waals surface area contributed by atoms with Gasteiger partial charge in [0.15, 0.2) is 0 Å². The van der Waals surface area contributed by atoms with Crippen molar-refractivity contribution in [1.82, 2.24) is 0 Å². The molecule has 144 valence electrons. The summed E-state index contributed by atoms with van der Waals surface area (Å²) >= 11 is 0. The Morgan fingerprint density at radius 2 is 1.96 bits per heavy atom. The molecule has 0 amide bonds. The second kappa shape index (κ2) is 6.70. The Morgan fingerprint density at radius 1 is 1.31 bits per heavy atom. The van der Waals surface area contributed by atoms with E-state index in [2.05, 4.69) is 6.92 Å². The number of rotatable bonds is 5. The van der Waals surface area contributed by atoms with Gasteiger partial charge in [0.25, 0.3) is 0 Å². The third kappa shape index (κ3) is 3.10. The lowest BCUT2D eigenvalue weighted by atomic mass is 9.62. The van der Waals surface area contributed by atoms with E-state index in [-0.39, 0.29) is 33.8 Å². The van der Waals surface area contributed by atoms with Gasteiger partial charge in [0.2, 0.25) is 0 Å². The van der Waals surface area contributed by atoms with Crippen LogP contribution in [-0.2, 0) is 14.5 Å². The quantitative estimate of drug-likeness (QED) is 0.730. The predicted octanol–water partition coefficient (Wildman–Crippen LogP) is 5.50. The maximum absolute atomic E-state index is 14.9. The minimum atomic E-state index is -4.22. The van der Waals surface area contributed by atoms with Gasteiger partial charge in [0.05, 0.1) is 4.90 Å². The lowest BCUT2D eigenvalue weighted by Gasteiger charge is -2.42. The van der Waals surface area contributed by atoms with E-state index in [0.29, 0.717) is 6.42 Å². The lowest BCUT2D eigenvalue weighted by molar-refractivity contribution is -0.130. The number of hydrogen-bond donors (Lipinski definition) is 1. The summed E-state index contributed by atoms with van der Waals surface area (Å²) in [4.78, 5) is 12.1. The third-order valence-corrected chi connectivity index (χ3v) is 8.62. The molecule has 1 N–H and O–H groups in total. The zero-order valence-corrected chi connectivity index (χ0v) is 16.2. The van der Waals surface area contributed by atoms with Crippen molar-refractivity contribution in [2.24, 2.45) is 23.2 Å². The number of halogens is 2. The molecule has 5 atom stereocenters. The largest absolute Gasteiger partial charge is 0.332 e. The van der Waals surface area contributed by atoms with Gasteiger partial charge in [-0.15, -0.1) is 0 Å². The van der Waals surface area contributed by atoms with Gasteiger partial charge in [0, 0.05) is 18.8 Å². The highest BCUT2D eigenvalue weighted by Crippen LogP contribution is 2.57. The summed E-state index contributed by atoms with van der Waals surface area (Å²) in [7, 11) is -4.22. The molecule has 0 heterocycles. The molecule has 0 aliphatic heterocycles. The van der Waals surface area contributed by atoms with E-state index < -0.39 is 21.4 Å². The summed E-state index contributed by atoms with van der Waals surface area (Å²) in [6.45, 7) is 3.84. The molecule has 1 aromatic rings. The highest BCUT2D eigenvalue weighted by atomic mass is 32.2. The van der Waals surface area contributed by atoms with Crippen LogP contribution >= 0.6 is 0 Å². The summed E-state index contributed by atoms with van der Waals surface area (Å²) < 4.78 is 50.3. The first-order valence-corrected chi connectivity index (χ1v) is 10.9. The van der Waals surface area contributed by atoms with Crippen molar-refractivity contribution in [2.45, 2.75) is 62.5 Å². The van der Waals surface area contributed by atoms with Gasteiger partial charge >= 0.3 is 5.25 Å². The molecule has 0 aromatic heterocycles. The molecular formula is C20H27F2NO2S.